The first-order valence-corrected chi connectivity index (χ1v) is 9.36. The number of aryl methyl sites for hydroxylation is 1. The molecule has 3 aromatic rings. The van der Waals surface area contributed by atoms with Gasteiger partial charge in [-0.3, -0.25) is 9.56 Å². The van der Waals surface area contributed by atoms with E-state index in [0.29, 0.717) is 14.8 Å². The number of fused-ring (bicyclic) bond motifs is 1. The third-order valence-electron chi connectivity index (χ3n) is 3.88. The zero-order valence-corrected chi connectivity index (χ0v) is 15.9. The first-order valence-electron chi connectivity index (χ1n) is 7.73. The smallest absolute Gasteiger partial charge is 0.234 e. The molecular weight excluding hydrogens is 370 g/mol. The van der Waals surface area contributed by atoms with Gasteiger partial charge in [0.2, 0.25) is 11.0 Å². The summed E-state index contributed by atoms with van der Waals surface area (Å²) in [7, 11) is 3.40. The average molecular weight is 385 g/mol. The molecule has 0 spiro atoms. The lowest BCUT2D eigenvalue weighted by Crippen LogP contribution is -2.08. The fourth-order valence-corrected chi connectivity index (χ4v) is 4.11. The zero-order valence-electron chi connectivity index (χ0n) is 14.3. The Morgan fingerprint density at radius 2 is 2.12 bits per heavy atom. The highest BCUT2D eigenvalue weighted by molar-refractivity contribution is 7.15. The number of aromatic hydroxyl groups is 1. The summed E-state index contributed by atoms with van der Waals surface area (Å²) in [6.45, 7) is 1.88. The molecule has 0 atom stereocenters. The Morgan fingerprint density at radius 1 is 1.27 bits per heavy atom. The van der Waals surface area contributed by atoms with E-state index in [4.69, 9.17) is 4.74 Å². The normalized spacial score (nSPS) is 15.0. The summed E-state index contributed by atoms with van der Waals surface area (Å²) < 4.78 is 6.87. The van der Waals surface area contributed by atoms with Crippen molar-refractivity contribution in [2.45, 2.75) is 6.92 Å². The molecule has 7 nitrogen and oxygen atoms in total. The molecule has 26 heavy (non-hydrogen) atoms. The summed E-state index contributed by atoms with van der Waals surface area (Å²) in [6.07, 6.45) is 3.69. The lowest BCUT2D eigenvalue weighted by atomic mass is 10.1. The Labute approximate surface area is 157 Å². The molecule has 1 aliphatic heterocycles. The van der Waals surface area contributed by atoms with Crippen LogP contribution < -0.4 is 9.54 Å². The van der Waals surface area contributed by atoms with E-state index in [1.54, 1.807) is 24.9 Å². The monoisotopic (exact) mass is 385 g/mol. The van der Waals surface area contributed by atoms with Gasteiger partial charge in [-0.15, -0.1) is 10.2 Å². The van der Waals surface area contributed by atoms with Crippen LogP contribution in [0.5, 0.6) is 11.6 Å². The third-order valence-corrected chi connectivity index (χ3v) is 5.68. The van der Waals surface area contributed by atoms with Crippen molar-refractivity contribution in [2.75, 3.05) is 7.11 Å². The van der Waals surface area contributed by atoms with Crippen LogP contribution in [0.4, 0.5) is 10.8 Å². The van der Waals surface area contributed by atoms with Gasteiger partial charge in [0.05, 0.1) is 17.7 Å². The average Bonchev–Trinajstić information content (AvgIpc) is 3.30. The van der Waals surface area contributed by atoms with Gasteiger partial charge in [-0.2, -0.15) is 4.99 Å². The second-order valence-electron chi connectivity index (χ2n) is 5.59. The minimum atomic E-state index is 0.151. The molecule has 4 rings (SSSR count). The van der Waals surface area contributed by atoms with Crippen molar-refractivity contribution in [2.24, 2.45) is 17.0 Å². The Kier molecular flexibility index (Phi) is 4.17. The van der Waals surface area contributed by atoms with Gasteiger partial charge in [0.25, 0.3) is 0 Å². The minimum Gasteiger partial charge on any atom is -0.497 e. The Balaban J connectivity index is 1.75. The van der Waals surface area contributed by atoms with Crippen molar-refractivity contribution in [1.29, 1.82) is 0 Å². The topological polar surface area (TPSA) is 84.9 Å². The highest BCUT2D eigenvalue weighted by Crippen LogP contribution is 2.36. The summed E-state index contributed by atoms with van der Waals surface area (Å²) in [5.74, 6) is 0.916. The van der Waals surface area contributed by atoms with Crippen LogP contribution >= 0.6 is 22.7 Å². The number of hydrogen-bond acceptors (Lipinski definition) is 8. The van der Waals surface area contributed by atoms with Crippen LogP contribution in [0.3, 0.4) is 0 Å². The molecule has 0 aliphatic carbocycles. The Bertz CT molecular complexity index is 1120. The number of allylic oxidation sites excluding steroid dienone is 1. The number of rotatable bonds is 3. The Hall–Kier alpha value is -2.78. The predicted octanol–water partition coefficient (Wildman–Crippen LogP) is 3.45. The predicted molar refractivity (Wildman–Crippen MR) is 104 cm³/mol. The molecule has 0 fully saturated rings. The Morgan fingerprint density at radius 3 is 2.85 bits per heavy atom. The summed E-state index contributed by atoms with van der Waals surface area (Å²) in [5.41, 5.74) is 2.78. The van der Waals surface area contributed by atoms with Crippen LogP contribution in [0.25, 0.3) is 11.6 Å². The van der Waals surface area contributed by atoms with Crippen molar-refractivity contribution in [3.05, 3.63) is 38.4 Å². The van der Waals surface area contributed by atoms with Gasteiger partial charge in [-0.05, 0) is 25.1 Å². The lowest BCUT2D eigenvalue weighted by Gasteiger charge is -2.03. The first kappa shape index (κ1) is 16.7. The van der Waals surface area contributed by atoms with Gasteiger partial charge in [-0.1, -0.05) is 22.7 Å². The van der Waals surface area contributed by atoms with Crippen molar-refractivity contribution in [1.82, 2.24) is 14.8 Å². The molecule has 1 N–H and O–H groups in total. The van der Waals surface area contributed by atoms with Gasteiger partial charge in [0.1, 0.15) is 10.8 Å². The van der Waals surface area contributed by atoms with Gasteiger partial charge in [0, 0.05) is 30.5 Å². The van der Waals surface area contributed by atoms with Crippen LogP contribution in [0.15, 0.2) is 28.2 Å². The van der Waals surface area contributed by atoms with Gasteiger partial charge >= 0.3 is 0 Å². The number of aliphatic imine (C=N–C) groups is 1. The van der Waals surface area contributed by atoms with E-state index in [0.717, 1.165) is 27.6 Å². The van der Waals surface area contributed by atoms with E-state index < -0.39 is 0 Å². The highest BCUT2D eigenvalue weighted by atomic mass is 32.1. The summed E-state index contributed by atoms with van der Waals surface area (Å²) in [6, 6.07) is 5.75. The second kappa shape index (κ2) is 6.50. The standard InChI is InChI=1S/C17H15N5O2S2/c1-9-20-21-16(25-9)19-17-22(2)15(23)14(26-17)6-10-8-18-13-7-11(24-3)4-5-12(10)13/h4-8,23H,1-3H3/b10-6+,19-17+. The van der Waals surface area contributed by atoms with Crippen LogP contribution in [0, 0.1) is 6.92 Å². The number of ether oxygens (including phenoxy) is 1. The maximum absolute atomic E-state index is 10.5. The highest BCUT2D eigenvalue weighted by Gasteiger charge is 2.16. The number of aromatic nitrogens is 3. The van der Waals surface area contributed by atoms with Gasteiger partial charge in [-0.25, -0.2) is 0 Å². The van der Waals surface area contributed by atoms with Crippen LogP contribution in [0.1, 0.15) is 15.4 Å². The molecule has 0 radical (unpaired) electrons. The van der Waals surface area contributed by atoms with E-state index in [1.165, 1.54) is 22.7 Å². The van der Waals surface area contributed by atoms with E-state index in [1.807, 2.05) is 31.2 Å². The molecular formula is C17H15N5O2S2. The second-order valence-corrected chi connectivity index (χ2v) is 7.76. The molecule has 132 valence electrons. The molecule has 0 bridgehead atoms. The SMILES string of the molecule is COc1ccc2c(c1)N=C/C2=C\c1s/c(=N/c2nnc(C)s2)n(C)c1O. The van der Waals surface area contributed by atoms with E-state index in [2.05, 4.69) is 20.2 Å². The quantitative estimate of drug-likeness (QED) is 0.748. The van der Waals surface area contributed by atoms with E-state index in [9.17, 15) is 5.11 Å². The summed E-state index contributed by atoms with van der Waals surface area (Å²) in [4.78, 5) is 10.2. The minimum absolute atomic E-state index is 0.151. The molecule has 0 saturated carbocycles. The van der Waals surface area contributed by atoms with E-state index in [-0.39, 0.29) is 5.88 Å². The molecule has 0 saturated heterocycles. The maximum Gasteiger partial charge on any atom is 0.234 e. The van der Waals surface area contributed by atoms with Crippen molar-refractivity contribution in [3.8, 4) is 11.6 Å². The van der Waals surface area contributed by atoms with Gasteiger partial charge in [0.15, 0.2) is 4.80 Å². The van der Waals surface area contributed by atoms with Crippen LogP contribution in [-0.2, 0) is 7.05 Å². The van der Waals surface area contributed by atoms with E-state index >= 15 is 0 Å². The summed E-state index contributed by atoms with van der Waals surface area (Å²) >= 11 is 2.79. The van der Waals surface area contributed by atoms with Crippen LogP contribution in [0.2, 0.25) is 0 Å². The fraction of sp³-hybridized carbons (Fsp3) is 0.176. The molecule has 9 heteroatoms. The number of thiazole rings is 1. The third kappa shape index (κ3) is 2.95. The molecule has 0 amide bonds. The number of nitrogens with zero attached hydrogens (tertiary/aromatic N) is 5. The molecule has 2 aromatic heterocycles. The van der Waals surface area contributed by atoms with Crippen molar-refractivity contribution in [3.63, 3.8) is 0 Å². The fourth-order valence-electron chi connectivity index (χ4n) is 2.53. The largest absolute Gasteiger partial charge is 0.497 e. The van der Waals surface area contributed by atoms with Crippen LogP contribution in [-0.4, -0.2) is 33.2 Å². The molecule has 1 aliphatic rings. The lowest BCUT2D eigenvalue weighted by molar-refractivity contribution is 0.415. The molecule has 1 aromatic carbocycles. The maximum atomic E-state index is 10.5. The molecule has 3 heterocycles. The molecule has 0 unspecified atom stereocenters. The number of hydrogen-bond donors (Lipinski definition) is 1. The van der Waals surface area contributed by atoms with Crippen molar-refractivity contribution < 1.29 is 9.84 Å². The van der Waals surface area contributed by atoms with Gasteiger partial charge < -0.3 is 9.84 Å². The zero-order chi connectivity index (χ0) is 18.3. The summed E-state index contributed by atoms with van der Waals surface area (Å²) in [5, 5.41) is 19.9. The number of methoxy groups -OCH3 is 1. The van der Waals surface area contributed by atoms with Crippen molar-refractivity contribution >= 4 is 51.4 Å². The first-order chi connectivity index (χ1) is 12.5. The number of benzene rings is 1.